The predicted molar refractivity (Wildman–Crippen MR) is 94.9 cm³/mol. The molecule has 0 radical (unpaired) electrons. The fraction of sp³-hybridized carbons (Fsp3) is 0. The summed E-state index contributed by atoms with van der Waals surface area (Å²) in [6.45, 7) is 0. The van der Waals surface area contributed by atoms with Gasteiger partial charge in [0.2, 0.25) is 9.84 Å². The van der Waals surface area contributed by atoms with Crippen molar-refractivity contribution in [1.29, 1.82) is 0 Å². The summed E-state index contributed by atoms with van der Waals surface area (Å²) in [6.07, 6.45) is 0. The number of rotatable bonds is 4. The minimum Gasteiger partial charge on any atom is -0.457 e. The van der Waals surface area contributed by atoms with E-state index in [1.807, 2.05) is 0 Å². The molecule has 0 saturated heterocycles. The second-order valence-corrected chi connectivity index (χ2v) is 7.81. The molecule has 0 atom stereocenters. The van der Waals surface area contributed by atoms with Crippen LogP contribution in [0.25, 0.3) is 0 Å². The van der Waals surface area contributed by atoms with Gasteiger partial charge in [0.25, 0.3) is 0 Å². The maximum absolute atomic E-state index is 12.6. The molecule has 0 N–H and O–H groups in total. The van der Waals surface area contributed by atoms with Gasteiger partial charge in [-0.15, -0.1) is 0 Å². The zero-order chi connectivity index (χ0) is 17.2. The Morgan fingerprint density at radius 2 is 0.917 bits per heavy atom. The maximum Gasteiger partial charge on any atom is 0.206 e. The summed E-state index contributed by atoms with van der Waals surface area (Å²) in [5, 5.41) is 1.10. The Balaban J connectivity index is 1.83. The van der Waals surface area contributed by atoms with Crippen molar-refractivity contribution in [3.8, 4) is 11.5 Å². The van der Waals surface area contributed by atoms with Gasteiger partial charge in [-0.3, -0.25) is 0 Å². The number of halogens is 2. The molecule has 0 unspecified atom stereocenters. The van der Waals surface area contributed by atoms with Crippen LogP contribution in [0.15, 0.2) is 82.6 Å². The van der Waals surface area contributed by atoms with Crippen LogP contribution in [0.5, 0.6) is 11.5 Å². The lowest BCUT2D eigenvalue weighted by Crippen LogP contribution is -2.01. The Kier molecular flexibility index (Phi) is 4.81. The van der Waals surface area contributed by atoms with E-state index in [0.29, 0.717) is 21.5 Å². The van der Waals surface area contributed by atoms with Crippen molar-refractivity contribution in [3.63, 3.8) is 0 Å². The largest absolute Gasteiger partial charge is 0.457 e. The molecule has 0 spiro atoms. The fourth-order valence-corrected chi connectivity index (χ4v) is 3.59. The van der Waals surface area contributed by atoms with E-state index < -0.39 is 9.84 Å². The summed E-state index contributed by atoms with van der Waals surface area (Å²) in [4.78, 5) is 0.381. The van der Waals surface area contributed by atoms with Gasteiger partial charge in [0.15, 0.2) is 0 Å². The normalized spacial score (nSPS) is 11.2. The van der Waals surface area contributed by atoms with E-state index >= 15 is 0 Å². The third kappa shape index (κ3) is 3.73. The second-order valence-electron chi connectivity index (χ2n) is 4.98. The van der Waals surface area contributed by atoms with Crippen molar-refractivity contribution >= 4 is 33.0 Å². The molecule has 0 aliphatic heterocycles. The third-order valence-corrected chi connectivity index (χ3v) is 5.60. The fourth-order valence-electron chi connectivity index (χ4n) is 2.08. The van der Waals surface area contributed by atoms with Gasteiger partial charge in [0, 0.05) is 10.0 Å². The number of hydrogen-bond donors (Lipinski definition) is 0. The van der Waals surface area contributed by atoms with E-state index in [1.54, 1.807) is 48.5 Å². The Bertz CT molecular complexity index is 933. The number of sulfone groups is 1. The Morgan fingerprint density at radius 1 is 0.583 bits per heavy atom. The standard InChI is InChI=1S/C18H12Cl2O3S/c19-13-1-5-15(6-2-13)23-16-7-11-18(12-8-16)24(21,22)17-9-3-14(20)4-10-17/h1-12H. The Labute approximate surface area is 150 Å². The lowest BCUT2D eigenvalue weighted by Gasteiger charge is -2.08. The molecule has 0 fully saturated rings. The minimum absolute atomic E-state index is 0.188. The van der Waals surface area contributed by atoms with Crippen molar-refractivity contribution in [3.05, 3.63) is 82.8 Å². The molecule has 0 saturated carbocycles. The van der Waals surface area contributed by atoms with Crippen LogP contribution in [-0.4, -0.2) is 8.42 Å². The Morgan fingerprint density at radius 3 is 1.38 bits per heavy atom. The van der Waals surface area contributed by atoms with E-state index in [9.17, 15) is 8.42 Å². The highest BCUT2D eigenvalue weighted by Crippen LogP contribution is 2.27. The highest BCUT2D eigenvalue weighted by atomic mass is 35.5. The van der Waals surface area contributed by atoms with Gasteiger partial charge < -0.3 is 4.74 Å². The molecule has 0 aliphatic rings. The summed E-state index contributed by atoms with van der Waals surface area (Å²) >= 11 is 11.6. The molecule has 24 heavy (non-hydrogen) atoms. The summed E-state index contributed by atoms with van der Waals surface area (Å²) < 4.78 is 30.8. The highest BCUT2D eigenvalue weighted by Gasteiger charge is 2.17. The molecule has 0 aromatic heterocycles. The number of hydrogen-bond acceptors (Lipinski definition) is 3. The summed E-state index contributed by atoms with van der Waals surface area (Å²) in [6, 6.07) is 19.2. The van der Waals surface area contributed by atoms with Crippen LogP contribution in [0, 0.1) is 0 Å². The first-order valence-electron chi connectivity index (χ1n) is 6.99. The number of ether oxygens (including phenoxy) is 1. The maximum atomic E-state index is 12.6. The van der Waals surface area contributed by atoms with E-state index in [0.717, 1.165) is 0 Å². The quantitative estimate of drug-likeness (QED) is 0.591. The van der Waals surface area contributed by atoms with Gasteiger partial charge in [-0.05, 0) is 72.8 Å². The van der Waals surface area contributed by atoms with Crippen LogP contribution in [0.2, 0.25) is 10.0 Å². The summed E-state index contributed by atoms with van der Waals surface area (Å²) in [7, 11) is -3.58. The monoisotopic (exact) mass is 378 g/mol. The van der Waals surface area contributed by atoms with E-state index in [1.165, 1.54) is 24.3 Å². The van der Waals surface area contributed by atoms with Crippen LogP contribution in [0.4, 0.5) is 0 Å². The molecule has 3 nitrogen and oxygen atoms in total. The lowest BCUT2D eigenvalue weighted by molar-refractivity contribution is 0.482. The topological polar surface area (TPSA) is 43.4 Å². The van der Waals surface area contributed by atoms with Gasteiger partial charge >= 0.3 is 0 Å². The van der Waals surface area contributed by atoms with Crippen LogP contribution in [-0.2, 0) is 9.84 Å². The Hall–Kier alpha value is -2.01. The molecule has 0 heterocycles. The van der Waals surface area contributed by atoms with Gasteiger partial charge in [-0.2, -0.15) is 0 Å². The van der Waals surface area contributed by atoms with Crippen molar-refractivity contribution in [2.45, 2.75) is 9.79 Å². The molecule has 0 aliphatic carbocycles. The zero-order valence-electron chi connectivity index (χ0n) is 12.3. The van der Waals surface area contributed by atoms with Crippen LogP contribution in [0.3, 0.4) is 0 Å². The predicted octanol–water partition coefficient (Wildman–Crippen LogP) is 5.62. The first kappa shape index (κ1) is 16.8. The van der Waals surface area contributed by atoms with Crippen molar-refractivity contribution in [2.24, 2.45) is 0 Å². The molecule has 0 bridgehead atoms. The summed E-state index contributed by atoms with van der Waals surface area (Å²) in [5.74, 6) is 1.15. The summed E-state index contributed by atoms with van der Waals surface area (Å²) in [5.41, 5.74) is 0. The molecular formula is C18H12Cl2O3S. The average molecular weight is 379 g/mol. The molecule has 122 valence electrons. The molecule has 3 aromatic carbocycles. The molecule has 3 aromatic rings. The van der Waals surface area contributed by atoms with Gasteiger partial charge in [-0.25, -0.2) is 8.42 Å². The van der Waals surface area contributed by atoms with Gasteiger partial charge in [0.1, 0.15) is 11.5 Å². The number of benzene rings is 3. The second kappa shape index (κ2) is 6.85. The lowest BCUT2D eigenvalue weighted by atomic mass is 10.3. The first-order valence-corrected chi connectivity index (χ1v) is 9.23. The van der Waals surface area contributed by atoms with Crippen LogP contribution >= 0.6 is 23.2 Å². The highest BCUT2D eigenvalue weighted by molar-refractivity contribution is 7.91. The van der Waals surface area contributed by atoms with E-state index in [4.69, 9.17) is 27.9 Å². The third-order valence-electron chi connectivity index (χ3n) is 3.31. The van der Waals surface area contributed by atoms with E-state index in [2.05, 4.69) is 0 Å². The van der Waals surface area contributed by atoms with Crippen LogP contribution in [0.1, 0.15) is 0 Å². The molecular weight excluding hydrogens is 367 g/mol. The minimum atomic E-state index is -3.58. The van der Waals surface area contributed by atoms with Gasteiger partial charge in [-0.1, -0.05) is 23.2 Å². The van der Waals surface area contributed by atoms with Crippen molar-refractivity contribution < 1.29 is 13.2 Å². The first-order chi connectivity index (χ1) is 11.4. The van der Waals surface area contributed by atoms with Gasteiger partial charge in [0.05, 0.1) is 9.79 Å². The smallest absolute Gasteiger partial charge is 0.206 e. The molecule has 0 amide bonds. The van der Waals surface area contributed by atoms with Crippen molar-refractivity contribution in [1.82, 2.24) is 0 Å². The SMILES string of the molecule is O=S(=O)(c1ccc(Cl)cc1)c1ccc(Oc2ccc(Cl)cc2)cc1. The van der Waals surface area contributed by atoms with E-state index in [-0.39, 0.29) is 9.79 Å². The van der Waals surface area contributed by atoms with Crippen LogP contribution < -0.4 is 4.74 Å². The average Bonchev–Trinajstić information content (AvgIpc) is 2.58. The molecule has 3 rings (SSSR count). The van der Waals surface area contributed by atoms with Crippen molar-refractivity contribution in [2.75, 3.05) is 0 Å². The zero-order valence-corrected chi connectivity index (χ0v) is 14.6. The molecule has 6 heteroatoms.